The number of hydrogen-bond donors (Lipinski definition) is 3. The minimum Gasteiger partial charge on any atom is -0.477 e. The van der Waals surface area contributed by atoms with Gasteiger partial charge in [0.25, 0.3) is 0 Å². The van der Waals surface area contributed by atoms with E-state index in [1.165, 1.54) is 43.4 Å². The molecule has 0 radical (unpaired) electrons. The first kappa shape index (κ1) is 36.2. The van der Waals surface area contributed by atoms with E-state index >= 15 is 0 Å². The van der Waals surface area contributed by atoms with Gasteiger partial charge in [-0.15, -0.1) is 24.2 Å². The Kier molecular flexibility index (Phi) is 15.7. The molecular formula is C34H51N3O5S. The van der Waals surface area contributed by atoms with Crippen LogP contribution >= 0.6 is 11.3 Å². The molecule has 1 saturated heterocycles. The van der Waals surface area contributed by atoms with E-state index in [1.54, 1.807) is 6.07 Å². The van der Waals surface area contributed by atoms with E-state index in [9.17, 15) is 19.5 Å². The van der Waals surface area contributed by atoms with Gasteiger partial charge in [-0.1, -0.05) is 57.3 Å². The quantitative estimate of drug-likeness (QED) is 0.185. The van der Waals surface area contributed by atoms with Crippen LogP contribution < -0.4 is 15.5 Å². The Hall–Kier alpha value is -3.01. The monoisotopic (exact) mass is 613 g/mol. The number of hydrogen-bond acceptors (Lipinski definition) is 6. The first-order valence-corrected chi connectivity index (χ1v) is 16.5. The Bertz CT molecular complexity index is 1090. The second kappa shape index (κ2) is 18.6. The van der Waals surface area contributed by atoms with Gasteiger partial charge in [0.15, 0.2) is 0 Å². The smallest absolute Gasteiger partial charge is 0.407 e. The summed E-state index contributed by atoms with van der Waals surface area (Å²) in [7, 11) is 0. The highest BCUT2D eigenvalue weighted by Gasteiger charge is 2.31. The number of amides is 2. The lowest BCUT2D eigenvalue weighted by molar-refractivity contribution is -0.108. The van der Waals surface area contributed by atoms with E-state index in [4.69, 9.17) is 4.74 Å². The Labute approximate surface area is 262 Å². The maximum Gasteiger partial charge on any atom is 0.407 e. The van der Waals surface area contributed by atoms with Gasteiger partial charge in [-0.3, -0.25) is 4.79 Å². The van der Waals surface area contributed by atoms with Crippen LogP contribution in [-0.4, -0.2) is 54.9 Å². The van der Waals surface area contributed by atoms with Crippen LogP contribution in [0, 0.1) is 36.0 Å². The van der Waals surface area contributed by atoms with Crippen LogP contribution in [-0.2, 0) is 9.53 Å². The van der Waals surface area contributed by atoms with Crippen molar-refractivity contribution < 1.29 is 24.2 Å². The number of terminal acetylenes is 1. The number of carbonyl (C=O) groups excluding carboxylic acids is 2. The van der Waals surface area contributed by atoms with Crippen molar-refractivity contribution in [3.8, 4) is 24.7 Å². The number of nitrogens with zero attached hydrogens (tertiary/aromatic N) is 1. The zero-order chi connectivity index (χ0) is 31.8. The molecule has 8 nitrogen and oxygen atoms in total. The molecule has 2 heterocycles. The molecule has 0 bridgehead atoms. The van der Waals surface area contributed by atoms with Crippen LogP contribution in [0.1, 0.15) is 119 Å². The number of piperidine rings is 1. The molecule has 0 atom stereocenters. The number of ether oxygens (including phenoxy) is 1. The van der Waals surface area contributed by atoms with Gasteiger partial charge >= 0.3 is 12.1 Å². The number of alkyl carbamates (subject to hydrolysis) is 1. The topological polar surface area (TPSA) is 108 Å². The number of thiophene rings is 1. The van der Waals surface area contributed by atoms with Gasteiger partial charge in [0.2, 0.25) is 6.41 Å². The lowest BCUT2D eigenvalue weighted by Crippen LogP contribution is -2.45. The van der Waals surface area contributed by atoms with Gasteiger partial charge in [-0.25, -0.2) is 9.59 Å². The van der Waals surface area contributed by atoms with E-state index in [0.717, 1.165) is 43.2 Å². The van der Waals surface area contributed by atoms with Crippen LogP contribution in [0.25, 0.3) is 0 Å². The van der Waals surface area contributed by atoms with Crippen LogP contribution in [0.5, 0.6) is 0 Å². The summed E-state index contributed by atoms with van der Waals surface area (Å²) in [6.45, 7) is 10.0. The third kappa shape index (κ3) is 13.0. The average molecular weight is 614 g/mol. The highest BCUT2D eigenvalue weighted by atomic mass is 32.1. The third-order valence-electron chi connectivity index (χ3n) is 7.97. The van der Waals surface area contributed by atoms with Crippen LogP contribution in [0.15, 0.2) is 6.07 Å². The van der Waals surface area contributed by atoms with Crippen molar-refractivity contribution in [3.63, 3.8) is 0 Å². The molecular weight excluding hydrogens is 562 g/mol. The summed E-state index contributed by atoms with van der Waals surface area (Å²) in [4.78, 5) is 38.3. The first-order valence-electron chi connectivity index (χ1n) is 15.7. The SMILES string of the molecule is C#C.CC(C)(C)C#Cc1cc(N(C=O)C2CCC(NC(=O)OC3CCNCC3)CC2)c(C(=O)O)s1.CC1CCCCCC1. The molecule has 1 aromatic heterocycles. The molecule has 3 fully saturated rings. The zero-order valence-electron chi connectivity index (χ0n) is 26.5. The van der Waals surface area contributed by atoms with Crippen molar-refractivity contribution in [2.45, 2.75) is 123 Å². The largest absolute Gasteiger partial charge is 0.477 e. The number of rotatable bonds is 6. The van der Waals surface area contributed by atoms with Gasteiger partial charge in [0.1, 0.15) is 11.0 Å². The fourth-order valence-corrected chi connectivity index (χ4v) is 6.47. The standard InChI is InChI=1S/C24H33N3O5S.C8H16.C2H2/c1-24(2,3)11-8-19-14-20(21(33-19)22(29)30)27(15-28)17-6-4-16(5-7-17)26-23(31)32-18-9-12-25-13-10-18;1-8-6-4-2-3-5-7-8;1-2/h14-18,25H,4-7,9-10,12-13H2,1-3H3,(H,26,31)(H,29,30);8H,2-7H2,1H3;1-2H. The van der Waals surface area contributed by atoms with Gasteiger partial charge in [0, 0.05) is 17.5 Å². The molecule has 2 amide bonds. The molecule has 0 unspecified atom stereocenters. The average Bonchev–Trinajstić information content (AvgIpc) is 3.26. The van der Waals surface area contributed by atoms with Crippen LogP contribution in [0.4, 0.5) is 10.5 Å². The zero-order valence-corrected chi connectivity index (χ0v) is 27.3. The van der Waals surface area contributed by atoms with Gasteiger partial charge < -0.3 is 25.4 Å². The van der Waals surface area contributed by atoms with Crippen LogP contribution in [0.3, 0.4) is 0 Å². The van der Waals surface area contributed by atoms with Gasteiger partial charge in [-0.2, -0.15) is 0 Å². The normalized spacial score (nSPS) is 21.2. The molecule has 9 heteroatoms. The molecule has 1 aliphatic heterocycles. The number of aromatic carboxylic acids is 1. The van der Waals surface area contributed by atoms with E-state index in [2.05, 4.69) is 42.2 Å². The predicted octanol–water partition coefficient (Wildman–Crippen LogP) is 6.82. The Morgan fingerprint density at radius 1 is 1.05 bits per heavy atom. The van der Waals surface area contributed by atoms with E-state index in [1.807, 2.05) is 20.8 Å². The minimum atomic E-state index is -1.07. The highest BCUT2D eigenvalue weighted by molar-refractivity contribution is 7.15. The maximum atomic E-state index is 12.2. The van der Waals surface area contributed by atoms with Crippen molar-refractivity contribution in [2.75, 3.05) is 18.0 Å². The number of carbonyl (C=O) groups is 3. The molecule has 0 aromatic carbocycles. The fraction of sp³-hybridized carbons (Fsp3) is 0.676. The fourth-order valence-electron chi connectivity index (χ4n) is 5.62. The summed E-state index contributed by atoms with van der Waals surface area (Å²) in [6.07, 6.45) is 21.6. The van der Waals surface area contributed by atoms with Crippen molar-refractivity contribution in [3.05, 3.63) is 15.8 Å². The molecule has 3 aliphatic rings. The molecule has 1 aromatic rings. The lowest BCUT2D eigenvalue weighted by Gasteiger charge is -2.35. The predicted molar refractivity (Wildman–Crippen MR) is 174 cm³/mol. The van der Waals surface area contributed by atoms with Crippen molar-refractivity contribution in [1.82, 2.24) is 10.6 Å². The first-order chi connectivity index (χ1) is 20.6. The van der Waals surface area contributed by atoms with Crippen molar-refractivity contribution in [1.29, 1.82) is 0 Å². The van der Waals surface area contributed by atoms with E-state index in [-0.39, 0.29) is 34.6 Å². The van der Waals surface area contributed by atoms with Crippen molar-refractivity contribution in [2.24, 2.45) is 11.3 Å². The molecule has 238 valence electrons. The van der Waals surface area contributed by atoms with Crippen LogP contribution in [0.2, 0.25) is 0 Å². The number of carboxylic acids is 1. The summed E-state index contributed by atoms with van der Waals surface area (Å²) in [5.41, 5.74) is 0.181. The molecule has 3 N–H and O–H groups in total. The highest BCUT2D eigenvalue weighted by Crippen LogP contribution is 2.34. The molecule has 2 saturated carbocycles. The number of nitrogens with one attached hydrogen (secondary N) is 2. The second-order valence-electron chi connectivity index (χ2n) is 12.7. The Balaban J connectivity index is 0.000000550. The third-order valence-corrected chi connectivity index (χ3v) is 9.00. The molecule has 43 heavy (non-hydrogen) atoms. The maximum absolute atomic E-state index is 12.2. The minimum absolute atomic E-state index is 0.0152. The summed E-state index contributed by atoms with van der Waals surface area (Å²) >= 11 is 1.09. The Morgan fingerprint density at radius 3 is 2.19 bits per heavy atom. The van der Waals surface area contributed by atoms with Gasteiger partial charge in [0.05, 0.1) is 10.6 Å². The summed E-state index contributed by atoms with van der Waals surface area (Å²) in [5.74, 6) is 6.11. The van der Waals surface area contributed by atoms with E-state index < -0.39 is 5.97 Å². The summed E-state index contributed by atoms with van der Waals surface area (Å²) in [6, 6.07) is 1.55. The molecule has 4 rings (SSSR count). The van der Waals surface area contributed by atoms with Gasteiger partial charge in [-0.05, 0) is 84.4 Å². The number of carboxylic acid groups (broad SMARTS) is 1. The molecule has 0 spiro atoms. The Morgan fingerprint density at radius 2 is 1.65 bits per heavy atom. The molecule has 2 aliphatic carbocycles. The van der Waals surface area contributed by atoms with E-state index in [0.29, 0.717) is 42.7 Å². The summed E-state index contributed by atoms with van der Waals surface area (Å²) < 4.78 is 5.52. The second-order valence-corrected chi connectivity index (χ2v) is 13.8. The van der Waals surface area contributed by atoms with Crippen molar-refractivity contribution >= 4 is 35.5 Å². The number of anilines is 1. The lowest BCUT2D eigenvalue weighted by atomic mass is 9.90. The summed E-state index contributed by atoms with van der Waals surface area (Å²) in [5, 5.41) is 15.9.